The van der Waals surface area contributed by atoms with Crippen molar-refractivity contribution in [3.63, 3.8) is 0 Å². The zero-order valence-electron chi connectivity index (χ0n) is 20.2. The zero-order valence-corrected chi connectivity index (χ0v) is 20.2. The average Bonchev–Trinajstić information content (AvgIpc) is 2.92. The first-order valence-electron chi connectivity index (χ1n) is 11.0. The molecule has 0 aromatic carbocycles. The number of hydrogen-bond donors (Lipinski definition) is 0. The first-order valence-corrected chi connectivity index (χ1v) is 11.0. The van der Waals surface area contributed by atoms with Crippen molar-refractivity contribution >= 4 is 12.0 Å². The first kappa shape index (κ1) is 26.3. The smallest absolute Gasteiger partial charge is 0.326 e. The fourth-order valence-corrected chi connectivity index (χ4v) is 2.97. The van der Waals surface area contributed by atoms with E-state index in [2.05, 4.69) is 38.1 Å². The van der Waals surface area contributed by atoms with Crippen molar-refractivity contribution in [3.8, 4) is 29.9 Å². The van der Waals surface area contributed by atoms with E-state index in [0.29, 0.717) is 31.1 Å². The third-order valence-corrected chi connectivity index (χ3v) is 4.62. The summed E-state index contributed by atoms with van der Waals surface area (Å²) < 4.78 is 32.4. The van der Waals surface area contributed by atoms with Gasteiger partial charge in [0.15, 0.2) is 0 Å². The molecule has 1 saturated heterocycles. The number of carbonyl (C=O) groups is 1. The van der Waals surface area contributed by atoms with Gasteiger partial charge in [-0.1, -0.05) is 25.3 Å². The van der Waals surface area contributed by atoms with E-state index >= 15 is 0 Å². The van der Waals surface area contributed by atoms with Crippen molar-refractivity contribution in [2.75, 3.05) is 53.7 Å². The number of morpholine rings is 1. The summed E-state index contributed by atoms with van der Waals surface area (Å²) in [5.74, 6) is 0.0888. The van der Waals surface area contributed by atoms with Crippen LogP contribution in [0.4, 0.5) is 0 Å². The van der Waals surface area contributed by atoms with E-state index in [4.69, 9.17) is 28.4 Å². The molecule has 1 fully saturated rings. The molecule has 1 unspecified atom stereocenters. The van der Waals surface area contributed by atoms with Crippen LogP contribution in [0.2, 0.25) is 0 Å². The predicted octanol–water partition coefficient (Wildman–Crippen LogP) is 1.13. The molecule has 0 aliphatic carbocycles. The molecule has 3 heterocycles. The largest absolute Gasteiger partial charge is 0.480 e. The Morgan fingerprint density at radius 3 is 2.31 bits per heavy atom. The number of nitrogens with zero attached hydrogens (tertiary/aromatic N) is 6. The van der Waals surface area contributed by atoms with Crippen molar-refractivity contribution in [3.05, 3.63) is 43.1 Å². The average molecular weight is 501 g/mol. The second kappa shape index (κ2) is 13.6. The lowest BCUT2D eigenvalue weighted by Crippen LogP contribution is -2.47. The Balaban J connectivity index is 1.60. The van der Waals surface area contributed by atoms with Crippen LogP contribution in [-0.2, 0) is 9.53 Å². The van der Waals surface area contributed by atoms with Crippen molar-refractivity contribution < 1.29 is 33.2 Å². The summed E-state index contributed by atoms with van der Waals surface area (Å²) in [6.45, 7) is 8.78. The molecule has 0 saturated carbocycles. The molecular weight excluding hydrogens is 472 g/mol. The van der Waals surface area contributed by atoms with E-state index in [9.17, 15) is 4.79 Å². The molecule has 2 aromatic rings. The maximum Gasteiger partial charge on any atom is 0.326 e. The maximum atomic E-state index is 12.8. The minimum atomic E-state index is -0.401. The van der Waals surface area contributed by atoms with Gasteiger partial charge in [-0.2, -0.15) is 4.98 Å². The lowest BCUT2D eigenvalue weighted by molar-refractivity contribution is -0.134. The van der Waals surface area contributed by atoms with Crippen LogP contribution >= 0.6 is 0 Å². The van der Waals surface area contributed by atoms with E-state index in [0.717, 1.165) is 0 Å². The van der Waals surface area contributed by atoms with Gasteiger partial charge >= 0.3 is 24.0 Å². The Bertz CT molecular complexity index is 1050. The first-order chi connectivity index (χ1) is 17.6. The van der Waals surface area contributed by atoms with E-state index in [-0.39, 0.29) is 49.8 Å². The molecule has 192 valence electrons. The van der Waals surface area contributed by atoms with Gasteiger partial charge in [0.25, 0.3) is 0 Å². The van der Waals surface area contributed by atoms with E-state index in [1.807, 2.05) is 0 Å². The number of aromatic nitrogens is 5. The molecular formula is C23H28N6O7. The van der Waals surface area contributed by atoms with Gasteiger partial charge in [-0.25, -0.2) is 4.98 Å². The van der Waals surface area contributed by atoms with Crippen LogP contribution in [0.1, 0.15) is 5.56 Å². The summed E-state index contributed by atoms with van der Waals surface area (Å²) >= 11 is 0. The van der Waals surface area contributed by atoms with Crippen molar-refractivity contribution in [2.45, 2.75) is 6.10 Å². The molecule has 1 aliphatic rings. The Hall–Kier alpha value is -4.26. The van der Waals surface area contributed by atoms with Crippen molar-refractivity contribution in [1.29, 1.82) is 0 Å². The number of carbonyl (C=O) groups excluding carboxylic acids is 1. The molecule has 0 spiro atoms. The predicted molar refractivity (Wildman–Crippen MR) is 127 cm³/mol. The van der Waals surface area contributed by atoms with Crippen LogP contribution in [-0.4, -0.2) is 95.6 Å². The van der Waals surface area contributed by atoms with Crippen LogP contribution in [0.25, 0.3) is 6.08 Å². The second-order valence-corrected chi connectivity index (χ2v) is 7.13. The monoisotopic (exact) mass is 500 g/mol. The fourth-order valence-electron chi connectivity index (χ4n) is 2.97. The summed E-state index contributed by atoms with van der Waals surface area (Å²) in [7, 11) is 2.93. The molecule has 13 heteroatoms. The van der Waals surface area contributed by atoms with Gasteiger partial charge in [0.05, 0.1) is 32.9 Å². The van der Waals surface area contributed by atoms with Crippen molar-refractivity contribution in [2.24, 2.45) is 0 Å². The van der Waals surface area contributed by atoms with Gasteiger partial charge < -0.3 is 33.3 Å². The molecule has 13 nitrogen and oxygen atoms in total. The summed E-state index contributed by atoms with van der Waals surface area (Å²) in [6.07, 6.45) is 7.24. The highest BCUT2D eigenvalue weighted by atomic mass is 16.6. The highest BCUT2D eigenvalue weighted by Gasteiger charge is 2.24. The highest BCUT2D eigenvalue weighted by Crippen LogP contribution is 2.19. The number of rotatable bonds is 13. The lowest BCUT2D eigenvalue weighted by atomic mass is 10.2. The molecule has 0 bridgehead atoms. The third-order valence-electron chi connectivity index (χ3n) is 4.62. The molecule has 1 aliphatic heterocycles. The van der Waals surface area contributed by atoms with Gasteiger partial charge in [0, 0.05) is 18.8 Å². The Kier molecular flexibility index (Phi) is 9.94. The molecule has 1 amide bonds. The number of ether oxygens (including phenoxy) is 6. The zero-order chi connectivity index (χ0) is 25.8. The molecule has 0 radical (unpaired) electrons. The minimum Gasteiger partial charge on any atom is -0.480 e. The minimum absolute atomic E-state index is 0.00155. The maximum absolute atomic E-state index is 12.8. The fraction of sp³-hybridized carbons (Fsp3) is 0.391. The molecule has 36 heavy (non-hydrogen) atoms. The quantitative estimate of drug-likeness (QED) is 0.287. The summed E-state index contributed by atoms with van der Waals surface area (Å²) in [5, 5.41) is 0. The van der Waals surface area contributed by atoms with E-state index in [1.54, 1.807) is 23.1 Å². The van der Waals surface area contributed by atoms with Crippen LogP contribution in [0, 0.1) is 0 Å². The standard InChI is InChI=1S/C23H28N6O7/c1-5-10-34-21-26-22(35-11-6-2)28-23(27-21)36-15-17-14-29(9-12-33-17)18(30)8-7-16-13-24-20(32-4)25-19(16)31-3/h5-8,13,17H,1-2,9-12,14-15H2,3-4H3. The molecule has 3 rings (SSSR count). The van der Waals surface area contributed by atoms with Crippen LogP contribution in [0.15, 0.2) is 37.6 Å². The van der Waals surface area contributed by atoms with Crippen molar-refractivity contribution in [1.82, 2.24) is 29.8 Å². The highest BCUT2D eigenvalue weighted by molar-refractivity contribution is 5.92. The third kappa shape index (κ3) is 7.63. The lowest BCUT2D eigenvalue weighted by Gasteiger charge is -2.32. The molecule has 2 aromatic heterocycles. The Morgan fingerprint density at radius 1 is 1.03 bits per heavy atom. The number of hydrogen-bond acceptors (Lipinski definition) is 12. The van der Waals surface area contributed by atoms with E-state index in [1.165, 1.54) is 26.5 Å². The normalized spacial score (nSPS) is 15.3. The molecule has 0 N–H and O–H groups in total. The summed E-state index contributed by atoms with van der Waals surface area (Å²) in [4.78, 5) is 34.8. The van der Waals surface area contributed by atoms with Crippen LogP contribution < -0.4 is 23.7 Å². The SMILES string of the molecule is C=CCOc1nc(OCC=C)nc(OCC2CN(C(=O)C=Cc3cnc(OC)nc3OC)CCO2)n1. The molecule has 1 atom stereocenters. The van der Waals surface area contributed by atoms with E-state index < -0.39 is 6.10 Å². The van der Waals surface area contributed by atoms with Gasteiger partial charge in [0.1, 0.15) is 25.9 Å². The summed E-state index contributed by atoms with van der Waals surface area (Å²) in [5.41, 5.74) is 0.540. The summed E-state index contributed by atoms with van der Waals surface area (Å²) in [6, 6.07) is 0.233. The van der Waals surface area contributed by atoms with Crippen LogP contribution in [0.3, 0.4) is 0 Å². The number of amides is 1. The second-order valence-electron chi connectivity index (χ2n) is 7.13. The Morgan fingerprint density at radius 2 is 1.69 bits per heavy atom. The van der Waals surface area contributed by atoms with Gasteiger partial charge in [-0.05, 0) is 6.08 Å². The van der Waals surface area contributed by atoms with Crippen LogP contribution in [0.5, 0.6) is 29.9 Å². The Labute approximate surface area is 208 Å². The topological polar surface area (TPSA) is 140 Å². The van der Waals surface area contributed by atoms with Gasteiger partial charge in [0.2, 0.25) is 11.8 Å². The number of methoxy groups -OCH3 is 2. The van der Waals surface area contributed by atoms with Gasteiger partial charge in [-0.3, -0.25) is 4.79 Å². The van der Waals surface area contributed by atoms with Gasteiger partial charge in [-0.15, -0.1) is 15.0 Å².